The summed E-state index contributed by atoms with van der Waals surface area (Å²) in [7, 11) is 0. The van der Waals surface area contributed by atoms with Crippen molar-refractivity contribution >= 4 is 21.4 Å². The Kier molecular flexibility index (Phi) is 4.79. The summed E-state index contributed by atoms with van der Waals surface area (Å²) in [6, 6.07) is 15.6. The maximum absolute atomic E-state index is 12.8. The number of hydrogen-bond acceptors (Lipinski definition) is 4. The molecule has 30 heavy (non-hydrogen) atoms. The van der Waals surface area contributed by atoms with Gasteiger partial charge in [-0.2, -0.15) is 13.2 Å². The van der Waals surface area contributed by atoms with Crippen molar-refractivity contribution in [3.63, 3.8) is 0 Å². The topological polar surface area (TPSA) is 29.0 Å². The van der Waals surface area contributed by atoms with Crippen LogP contribution >= 0.6 is 11.3 Å². The van der Waals surface area contributed by atoms with E-state index in [0.717, 1.165) is 42.9 Å². The lowest BCUT2D eigenvalue weighted by Crippen LogP contribution is -2.30. The van der Waals surface area contributed by atoms with Gasteiger partial charge in [0.05, 0.1) is 11.3 Å². The SMILES string of the molecule is FC(F)(F)c1ccc(-c2ncc3c(n2)CN(Cc2cc4ccccc4s2)CC3)cc1. The molecule has 0 saturated heterocycles. The number of alkyl halides is 3. The number of thiophene rings is 1. The molecule has 0 saturated carbocycles. The van der Waals surface area contributed by atoms with Crippen LogP contribution in [-0.2, 0) is 25.7 Å². The minimum absolute atomic E-state index is 0.464. The maximum Gasteiger partial charge on any atom is 0.416 e. The summed E-state index contributed by atoms with van der Waals surface area (Å²) >= 11 is 1.81. The molecule has 0 radical (unpaired) electrons. The summed E-state index contributed by atoms with van der Waals surface area (Å²) < 4.78 is 39.7. The standard InChI is InChI=1S/C23H18F3N3S/c24-23(25,26)18-7-5-15(6-8-18)22-27-12-17-9-10-29(14-20(17)28-22)13-19-11-16-3-1-2-4-21(16)30-19/h1-8,11-12H,9-10,13-14H2. The van der Waals surface area contributed by atoms with Gasteiger partial charge in [0.1, 0.15) is 0 Å². The van der Waals surface area contributed by atoms with Gasteiger partial charge in [0.25, 0.3) is 0 Å². The number of nitrogens with zero attached hydrogens (tertiary/aromatic N) is 3. The molecule has 7 heteroatoms. The third-order valence-electron chi connectivity index (χ3n) is 5.35. The molecule has 0 atom stereocenters. The second-order valence-electron chi connectivity index (χ2n) is 7.45. The van der Waals surface area contributed by atoms with E-state index in [1.165, 1.54) is 27.1 Å². The lowest BCUT2D eigenvalue weighted by molar-refractivity contribution is -0.137. The Bertz CT molecular complexity index is 1170. The molecule has 0 unspecified atom stereocenters. The predicted octanol–water partition coefficient (Wildman–Crippen LogP) is 5.94. The van der Waals surface area contributed by atoms with Crippen molar-refractivity contribution in [3.8, 4) is 11.4 Å². The van der Waals surface area contributed by atoms with E-state index in [0.29, 0.717) is 17.9 Å². The Morgan fingerprint density at radius 1 is 1.03 bits per heavy atom. The Morgan fingerprint density at radius 3 is 2.60 bits per heavy atom. The fraction of sp³-hybridized carbons (Fsp3) is 0.217. The van der Waals surface area contributed by atoms with Gasteiger partial charge in [0, 0.05) is 41.0 Å². The van der Waals surface area contributed by atoms with Gasteiger partial charge in [-0.05, 0) is 41.6 Å². The number of hydrogen-bond donors (Lipinski definition) is 0. The van der Waals surface area contributed by atoms with Gasteiger partial charge in [-0.1, -0.05) is 30.3 Å². The van der Waals surface area contributed by atoms with Crippen LogP contribution in [0.5, 0.6) is 0 Å². The maximum atomic E-state index is 12.8. The average Bonchev–Trinajstić information content (AvgIpc) is 3.15. The summed E-state index contributed by atoms with van der Waals surface area (Å²) in [6.45, 7) is 2.50. The van der Waals surface area contributed by atoms with Gasteiger partial charge < -0.3 is 0 Å². The molecular formula is C23H18F3N3S. The highest BCUT2D eigenvalue weighted by molar-refractivity contribution is 7.19. The lowest BCUT2D eigenvalue weighted by Gasteiger charge is -2.27. The first kappa shape index (κ1) is 19.2. The third-order valence-corrected chi connectivity index (χ3v) is 6.45. The summed E-state index contributed by atoms with van der Waals surface area (Å²) in [5.74, 6) is 0.464. The highest BCUT2D eigenvalue weighted by Crippen LogP contribution is 2.31. The molecule has 152 valence electrons. The monoisotopic (exact) mass is 425 g/mol. The molecule has 0 amide bonds. The quantitative estimate of drug-likeness (QED) is 0.407. The molecule has 1 aliphatic rings. The molecule has 0 N–H and O–H groups in total. The van der Waals surface area contributed by atoms with Gasteiger partial charge in [-0.15, -0.1) is 11.3 Å². The molecule has 3 heterocycles. The van der Waals surface area contributed by atoms with E-state index < -0.39 is 11.7 Å². The first-order valence-electron chi connectivity index (χ1n) is 9.68. The Labute approximate surface area is 175 Å². The van der Waals surface area contributed by atoms with Crippen LogP contribution in [0.2, 0.25) is 0 Å². The molecule has 3 nitrogen and oxygen atoms in total. The summed E-state index contributed by atoms with van der Waals surface area (Å²) in [5.41, 5.74) is 1.98. The number of rotatable bonds is 3. The van der Waals surface area contributed by atoms with E-state index in [-0.39, 0.29) is 0 Å². The van der Waals surface area contributed by atoms with Gasteiger partial charge in [-0.3, -0.25) is 4.90 Å². The van der Waals surface area contributed by atoms with Crippen LogP contribution in [0, 0.1) is 0 Å². The largest absolute Gasteiger partial charge is 0.416 e. The first-order valence-corrected chi connectivity index (χ1v) is 10.5. The van der Waals surface area contributed by atoms with Crippen molar-refractivity contribution in [2.75, 3.05) is 6.54 Å². The van der Waals surface area contributed by atoms with Crippen LogP contribution in [0.15, 0.2) is 60.8 Å². The molecule has 0 fully saturated rings. The fourth-order valence-corrected chi connectivity index (χ4v) is 4.88. The van der Waals surface area contributed by atoms with Crippen molar-refractivity contribution in [2.24, 2.45) is 0 Å². The summed E-state index contributed by atoms with van der Waals surface area (Å²) in [4.78, 5) is 12.7. The molecular weight excluding hydrogens is 407 g/mol. The zero-order valence-corrected chi connectivity index (χ0v) is 16.8. The lowest BCUT2D eigenvalue weighted by atomic mass is 10.1. The smallest absolute Gasteiger partial charge is 0.292 e. The van der Waals surface area contributed by atoms with Crippen LogP contribution in [0.1, 0.15) is 21.7 Å². The molecule has 1 aliphatic heterocycles. The van der Waals surface area contributed by atoms with Crippen molar-refractivity contribution in [2.45, 2.75) is 25.7 Å². The van der Waals surface area contributed by atoms with E-state index in [4.69, 9.17) is 0 Å². The van der Waals surface area contributed by atoms with E-state index in [1.807, 2.05) is 17.5 Å². The number of aromatic nitrogens is 2. The zero-order valence-electron chi connectivity index (χ0n) is 16.0. The number of fused-ring (bicyclic) bond motifs is 2. The molecule has 5 rings (SSSR count). The molecule has 4 aromatic rings. The van der Waals surface area contributed by atoms with Gasteiger partial charge in [0.2, 0.25) is 0 Å². The van der Waals surface area contributed by atoms with Crippen LogP contribution in [-0.4, -0.2) is 21.4 Å². The van der Waals surface area contributed by atoms with Crippen LogP contribution < -0.4 is 0 Å². The van der Waals surface area contributed by atoms with E-state index in [9.17, 15) is 13.2 Å². The second-order valence-corrected chi connectivity index (χ2v) is 8.62. The summed E-state index contributed by atoms with van der Waals surface area (Å²) in [6.07, 6.45) is -1.66. The van der Waals surface area contributed by atoms with Gasteiger partial charge in [-0.25, -0.2) is 9.97 Å². The second kappa shape index (κ2) is 7.49. The Balaban J connectivity index is 1.35. The normalized spacial score (nSPS) is 14.8. The molecule has 0 spiro atoms. The van der Waals surface area contributed by atoms with Crippen LogP contribution in [0.3, 0.4) is 0 Å². The molecule has 0 bridgehead atoms. The van der Waals surface area contributed by atoms with Crippen molar-refractivity contribution in [1.82, 2.24) is 14.9 Å². The number of halogens is 3. The Morgan fingerprint density at radius 2 is 1.83 bits per heavy atom. The van der Waals surface area contributed by atoms with Crippen molar-refractivity contribution in [1.29, 1.82) is 0 Å². The van der Waals surface area contributed by atoms with Crippen LogP contribution in [0.4, 0.5) is 13.2 Å². The summed E-state index contributed by atoms with van der Waals surface area (Å²) in [5, 5.41) is 1.27. The molecule has 0 aliphatic carbocycles. The van der Waals surface area contributed by atoms with Crippen LogP contribution in [0.25, 0.3) is 21.5 Å². The van der Waals surface area contributed by atoms with E-state index >= 15 is 0 Å². The fourth-order valence-electron chi connectivity index (χ4n) is 3.77. The van der Waals surface area contributed by atoms with Crippen molar-refractivity contribution < 1.29 is 13.2 Å². The number of benzene rings is 2. The molecule has 2 aromatic heterocycles. The van der Waals surface area contributed by atoms with E-state index in [1.54, 1.807) is 0 Å². The highest BCUT2D eigenvalue weighted by atomic mass is 32.1. The van der Waals surface area contributed by atoms with Gasteiger partial charge in [0.15, 0.2) is 5.82 Å². The minimum atomic E-state index is -4.34. The van der Waals surface area contributed by atoms with E-state index in [2.05, 4.69) is 45.2 Å². The first-order chi connectivity index (χ1) is 14.5. The predicted molar refractivity (Wildman–Crippen MR) is 112 cm³/mol. The molecule has 2 aromatic carbocycles. The highest BCUT2D eigenvalue weighted by Gasteiger charge is 2.30. The zero-order chi connectivity index (χ0) is 20.7. The minimum Gasteiger partial charge on any atom is -0.292 e. The average molecular weight is 425 g/mol. The van der Waals surface area contributed by atoms with Crippen molar-refractivity contribution in [3.05, 3.63) is 82.5 Å². The van der Waals surface area contributed by atoms with Gasteiger partial charge >= 0.3 is 6.18 Å². The Hall–Kier alpha value is -2.77. The third kappa shape index (κ3) is 3.82.